The van der Waals surface area contributed by atoms with Gasteiger partial charge in [-0.15, -0.1) is 0 Å². The van der Waals surface area contributed by atoms with E-state index in [-0.39, 0.29) is 0 Å². The Morgan fingerprint density at radius 2 is 2.08 bits per heavy atom. The lowest BCUT2D eigenvalue weighted by molar-refractivity contribution is 0.326. The highest BCUT2D eigenvalue weighted by Crippen LogP contribution is 2.10. The van der Waals surface area contributed by atoms with Crippen molar-refractivity contribution in [3.05, 3.63) is 23.8 Å². The molecule has 0 radical (unpaired) electrons. The fourth-order valence-corrected chi connectivity index (χ4v) is 1.76. The molecule has 0 unspecified atom stereocenters. The summed E-state index contributed by atoms with van der Waals surface area (Å²) in [4.78, 5) is 11.0. The first kappa shape index (κ1) is 8.63. The second kappa shape index (κ2) is 3.83. The van der Waals surface area contributed by atoms with Gasteiger partial charge in [-0.1, -0.05) is 0 Å². The van der Waals surface area contributed by atoms with Crippen LogP contribution in [-0.2, 0) is 6.54 Å². The van der Waals surface area contributed by atoms with Gasteiger partial charge >= 0.3 is 0 Å². The van der Waals surface area contributed by atoms with Crippen molar-refractivity contribution in [2.24, 2.45) is 0 Å². The molecule has 13 heavy (non-hydrogen) atoms. The molecule has 0 spiro atoms. The normalized spacial score (nSPS) is 17.9. The largest absolute Gasteiger partial charge is 0.297 e. The lowest BCUT2D eigenvalue weighted by atomic mass is 10.4. The molecular weight excluding hydrogens is 162 g/mol. The third-order valence-electron chi connectivity index (χ3n) is 2.39. The molecule has 3 nitrogen and oxygen atoms in total. The minimum Gasteiger partial charge on any atom is -0.297 e. The van der Waals surface area contributed by atoms with Crippen molar-refractivity contribution in [2.75, 3.05) is 13.1 Å². The molecule has 70 valence electrons. The van der Waals surface area contributed by atoms with E-state index in [1.54, 1.807) is 6.20 Å². The number of hydrogen-bond donors (Lipinski definition) is 0. The molecule has 0 aromatic carbocycles. The predicted octanol–water partition coefficient (Wildman–Crippen LogP) is 1.38. The Balaban J connectivity index is 2.00. The van der Waals surface area contributed by atoms with Crippen LogP contribution >= 0.6 is 0 Å². The van der Waals surface area contributed by atoms with Crippen molar-refractivity contribution in [1.29, 1.82) is 0 Å². The first-order chi connectivity index (χ1) is 6.34. The van der Waals surface area contributed by atoms with Crippen LogP contribution in [0.1, 0.15) is 24.2 Å². The molecular formula is C10H15N3. The summed E-state index contributed by atoms with van der Waals surface area (Å²) >= 11 is 0. The van der Waals surface area contributed by atoms with Gasteiger partial charge in [0.05, 0.1) is 11.4 Å². The maximum absolute atomic E-state index is 4.43. The minimum atomic E-state index is 0.967. The van der Waals surface area contributed by atoms with Crippen molar-refractivity contribution < 1.29 is 0 Å². The van der Waals surface area contributed by atoms with E-state index in [1.165, 1.54) is 25.9 Å². The first-order valence-corrected chi connectivity index (χ1v) is 4.84. The summed E-state index contributed by atoms with van der Waals surface area (Å²) in [6.07, 6.45) is 6.33. The van der Waals surface area contributed by atoms with Crippen molar-refractivity contribution in [1.82, 2.24) is 14.9 Å². The second-order valence-corrected chi connectivity index (χ2v) is 3.64. The van der Waals surface area contributed by atoms with Crippen LogP contribution < -0.4 is 0 Å². The number of aryl methyl sites for hydroxylation is 1. The van der Waals surface area contributed by atoms with Gasteiger partial charge in [0.15, 0.2) is 0 Å². The summed E-state index contributed by atoms with van der Waals surface area (Å²) in [5, 5.41) is 0. The Bertz CT molecular complexity index is 279. The highest BCUT2D eigenvalue weighted by Gasteiger charge is 2.12. The zero-order valence-electron chi connectivity index (χ0n) is 8.03. The van der Waals surface area contributed by atoms with E-state index in [0.717, 1.165) is 17.9 Å². The number of likely N-dealkylation sites (tertiary alicyclic amines) is 1. The summed E-state index contributed by atoms with van der Waals surface area (Å²) in [7, 11) is 0. The van der Waals surface area contributed by atoms with Crippen molar-refractivity contribution in [3.63, 3.8) is 0 Å². The topological polar surface area (TPSA) is 29.0 Å². The van der Waals surface area contributed by atoms with Crippen LogP contribution in [0.15, 0.2) is 12.4 Å². The van der Waals surface area contributed by atoms with Gasteiger partial charge in [-0.05, 0) is 32.9 Å². The number of aromatic nitrogens is 2. The fourth-order valence-electron chi connectivity index (χ4n) is 1.76. The van der Waals surface area contributed by atoms with Gasteiger partial charge in [0.25, 0.3) is 0 Å². The Kier molecular flexibility index (Phi) is 2.54. The molecule has 1 aliphatic rings. The number of hydrogen-bond acceptors (Lipinski definition) is 3. The van der Waals surface area contributed by atoms with Crippen molar-refractivity contribution in [3.8, 4) is 0 Å². The van der Waals surface area contributed by atoms with Crippen LogP contribution in [0.2, 0.25) is 0 Å². The average molecular weight is 177 g/mol. The molecule has 2 rings (SSSR count). The summed E-state index contributed by atoms with van der Waals surface area (Å²) in [6, 6.07) is 0. The van der Waals surface area contributed by atoms with Crippen molar-refractivity contribution in [2.45, 2.75) is 26.3 Å². The monoisotopic (exact) mass is 177 g/mol. The Morgan fingerprint density at radius 3 is 2.77 bits per heavy atom. The zero-order chi connectivity index (χ0) is 9.10. The Morgan fingerprint density at radius 1 is 1.31 bits per heavy atom. The molecule has 1 aromatic heterocycles. The minimum absolute atomic E-state index is 0.967. The first-order valence-electron chi connectivity index (χ1n) is 4.84. The van der Waals surface area contributed by atoms with Crippen molar-refractivity contribution >= 4 is 0 Å². The summed E-state index contributed by atoms with van der Waals surface area (Å²) < 4.78 is 0. The van der Waals surface area contributed by atoms with Gasteiger partial charge in [0.1, 0.15) is 0 Å². The molecule has 0 amide bonds. The maximum atomic E-state index is 4.43. The Hall–Kier alpha value is -0.960. The van der Waals surface area contributed by atoms with Crippen LogP contribution in [-0.4, -0.2) is 28.0 Å². The summed E-state index contributed by atoms with van der Waals surface area (Å²) in [5.74, 6) is 0. The molecule has 0 atom stereocenters. The van der Waals surface area contributed by atoms with E-state index in [2.05, 4.69) is 14.9 Å². The predicted molar refractivity (Wildman–Crippen MR) is 51.3 cm³/mol. The lowest BCUT2D eigenvalue weighted by Crippen LogP contribution is -2.19. The van der Waals surface area contributed by atoms with E-state index >= 15 is 0 Å². The summed E-state index contributed by atoms with van der Waals surface area (Å²) in [5.41, 5.74) is 2.11. The number of nitrogens with zero attached hydrogens (tertiary/aromatic N) is 3. The van der Waals surface area contributed by atoms with E-state index < -0.39 is 0 Å². The molecule has 0 aliphatic carbocycles. The zero-order valence-corrected chi connectivity index (χ0v) is 8.03. The molecule has 0 N–H and O–H groups in total. The lowest BCUT2D eigenvalue weighted by Gasteiger charge is -2.13. The number of rotatable bonds is 2. The van der Waals surface area contributed by atoms with E-state index in [4.69, 9.17) is 0 Å². The Labute approximate surface area is 78.8 Å². The maximum Gasteiger partial charge on any atom is 0.0730 e. The molecule has 0 saturated carbocycles. The van der Waals surface area contributed by atoms with Crippen LogP contribution in [0.3, 0.4) is 0 Å². The molecule has 1 saturated heterocycles. The molecule has 1 aromatic rings. The van der Waals surface area contributed by atoms with E-state index in [0.29, 0.717) is 0 Å². The fraction of sp³-hybridized carbons (Fsp3) is 0.600. The third-order valence-corrected chi connectivity index (χ3v) is 2.39. The molecule has 3 heteroatoms. The highest BCUT2D eigenvalue weighted by atomic mass is 15.1. The average Bonchev–Trinajstić information content (AvgIpc) is 2.57. The van der Waals surface area contributed by atoms with Gasteiger partial charge in [-0.2, -0.15) is 0 Å². The van der Waals surface area contributed by atoms with Gasteiger partial charge in [0, 0.05) is 18.9 Å². The van der Waals surface area contributed by atoms with Crippen LogP contribution in [0.25, 0.3) is 0 Å². The standard InChI is InChI=1S/C10H15N3/c1-9-6-11-7-10(12-9)8-13-4-2-3-5-13/h6-7H,2-5,8H2,1H3. The van der Waals surface area contributed by atoms with E-state index in [9.17, 15) is 0 Å². The van der Waals surface area contributed by atoms with Crippen LogP contribution in [0.4, 0.5) is 0 Å². The summed E-state index contributed by atoms with van der Waals surface area (Å²) in [6.45, 7) is 5.39. The molecule has 2 heterocycles. The smallest absolute Gasteiger partial charge is 0.0730 e. The SMILES string of the molecule is Cc1cncc(CN2CCCC2)n1. The van der Waals surface area contributed by atoms with Gasteiger partial charge in [-0.3, -0.25) is 14.9 Å². The van der Waals surface area contributed by atoms with Gasteiger partial charge < -0.3 is 0 Å². The van der Waals surface area contributed by atoms with Crippen LogP contribution in [0.5, 0.6) is 0 Å². The van der Waals surface area contributed by atoms with E-state index in [1.807, 2.05) is 13.1 Å². The van der Waals surface area contributed by atoms with Gasteiger partial charge in [-0.25, -0.2) is 0 Å². The third kappa shape index (κ3) is 2.25. The quantitative estimate of drug-likeness (QED) is 0.683. The van der Waals surface area contributed by atoms with Gasteiger partial charge in [0.2, 0.25) is 0 Å². The second-order valence-electron chi connectivity index (χ2n) is 3.64. The highest BCUT2D eigenvalue weighted by molar-refractivity contribution is 5.01. The van der Waals surface area contributed by atoms with Crippen LogP contribution in [0, 0.1) is 6.92 Å². The molecule has 0 bridgehead atoms. The molecule has 1 aliphatic heterocycles. The molecule has 1 fully saturated rings.